The summed E-state index contributed by atoms with van der Waals surface area (Å²) in [6.07, 6.45) is 40.4. The molecule has 8 atom stereocenters. The van der Waals surface area contributed by atoms with Crippen LogP contribution in [-0.2, 0) is 4.79 Å². The van der Waals surface area contributed by atoms with Gasteiger partial charge < -0.3 is 15.5 Å². The maximum atomic E-state index is 13.7. The standard InChI is InChI=1S/C41H61N3O4.C3H6.3C2H2/c1-37(2)30(28-8-10-29(11-9-28)36(47)48)14-17-38(3)33(37)15-18-40(5)34(38)13-12-31-32-7-6-16-41(32,20-19-39(31,40)4)42-35(46)27-44-23-21-43(22-24-44)25-26-45;1-3-2;3*1-2/h8-11,14,31-34,45H,6-7,12-13,15-27H2,1-5H3,(H,42,46)(H,47,48);3H,1H2,2H3;3*1-2H/t31-,32?,33?,34?,38+,39-,40-,41+;;;;/m1..../s1. The number of aromatic carboxylic acids is 1. The summed E-state index contributed by atoms with van der Waals surface area (Å²) in [6, 6.07) is 7.56. The highest BCUT2D eigenvalue weighted by Crippen LogP contribution is 2.76. The lowest BCUT2D eigenvalue weighted by Crippen LogP contribution is -2.68. The Bertz CT molecular complexity index is 1600. The molecule has 1 aromatic carbocycles. The number of carboxylic acid groups (broad SMARTS) is 1. The molecule has 7 heteroatoms. The van der Waals surface area contributed by atoms with Crippen LogP contribution in [0.15, 0.2) is 43.0 Å². The zero-order chi connectivity index (χ0) is 42.8. The first-order valence-corrected chi connectivity index (χ1v) is 21.2. The number of rotatable bonds is 7. The molecular weight excluding hydrogens is 707 g/mol. The van der Waals surface area contributed by atoms with Gasteiger partial charge >= 0.3 is 5.97 Å². The van der Waals surface area contributed by atoms with E-state index < -0.39 is 5.97 Å². The number of β-amino-alcohol motifs (C(OH)–C–C–N with tert-alkyl or cyclic N) is 1. The zero-order valence-electron chi connectivity index (χ0n) is 36.1. The summed E-state index contributed by atoms with van der Waals surface area (Å²) in [7, 11) is 0. The van der Waals surface area contributed by atoms with Gasteiger partial charge in [-0.05, 0) is 133 Å². The van der Waals surface area contributed by atoms with Gasteiger partial charge in [0.05, 0.1) is 18.7 Å². The number of nitrogens with one attached hydrogen (secondary N) is 1. The van der Waals surface area contributed by atoms with E-state index >= 15 is 0 Å². The Kier molecular flexibility index (Phi) is 16.5. The van der Waals surface area contributed by atoms with E-state index in [4.69, 9.17) is 0 Å². The van der Waals surface area contributed by atoms with Gasteiger partial charge in [0.25, 0.3) is 0 Å². The number of piperazine rings is 1. The lowest BCUT2D eigenvalue weighted by Gasteiger charge is -2.72. The number of aliphatic hydroxyl groups excluding tert-OH is 1. The number of carbonyl (C=O) groups is 2. The van der Waals surface area contributed by atoms with E-state index in [9.17, 15) is 19.8 Å². The van der Waals surface area contributed by atoms with E-state index in [-0.39, 0.29) is 39.7 Å². The summed E-state index contributed by atoms with van der Waals surface area (Å²) in [5, 5.41) is 22.5. The molecule has 7 nitrogen and oxygen atoms in total. The number of aliphatic hydroxyl groups is 1. The predicted octanol–water partition coefficient (Wildman–Crippen LogP) is 8.65. The minimum absolute atomic E-state index is 0.0136. The molecular formula is C50H73N3O4. The van der Waals surface area contributed by atoms with E-state index in [1.807, 2.05) is 19.1 Å². The number of amides is 1. The van der Waals surface area contributed by atoms with Gasteiger partial charge in [-0.15, -0.1) is 45.1 Å². The third kappa shape index (κ3) is 8.81. The summed E-state index contributed by atoms with van der Waals surface area (Å²) in [6.45, 7) is 23.2. The minimum Gasteiger partial charge on any atom is -0.478 e. The van der Waals surface area contributed by atoms with E-state index in [0.717, 1.165) is 52.0 Å². The molecule has 0 radical (unpaired) electrons. The number of carboxylic acids is 1. The Labute approximate surface area is 346 Å². The number of carbonyl (C=O) groups excluding carboxylic acids is 1. The molecule has 1 amide bonds. The van der Waals surface area contributed by atoms with Crippen LogP contribution in [-0.4, -0.2) is 83.3 Å². The highest BCUT2D eigenvalue weighted by atomic mass is 16.4. The van der Waals surface area contributed by atoms with Crippen LogP contribution in [0.4, 0.5) is 0 Å². The molecule has 7 rings (SSSR count). The average molecular weight is 780 g/mol. The van der Waals surface area contributed by atoms with Gasteiger partial charge in [-0.1, -0.05) is 65.3 Å². The van der Waals surface area contributed by atoms with Gasteiger partial charge in [0, 0.05) is 38.3 Å². The second kappa shape index (κ2) is 19.8. The van der Waals surface area contributed by atoms with Crippen molar-refractivity contribution < 1.29 is 19.8 Å². The number of benzene rings is 1. The summed E-state index contributed by atoms with van der Waals surface area (Å²) in [5.41, 5.74) is 3.67. The summed E-state index contributed by atoms with van der Waals surface area (Å²) in [5.74, 6) is 1.84. The number of allylic oxidation sites excluding steroid dienone is 3. The number of fused-ring (bicyclic) bond motifs is 7. The molecule has 5 fully saturated rings. The minimum atomic E-state index is -0.869. The average Bonchev–Trinajstić information content (AvgIpc) is 3.62. The lowest BCUT2D eigenvalue weighted by molar-refractivity contribution is -0.217. The van der Waals surface area contributed by atoms with E-state index in [2.05, 4.69) is 101 Å². The van der Waals surface area contributed by atoms with Crippen molar-refractivity contribution in [3.8, 4) is 38.5 Å². The third-order valence-electron chi connectivity index (χ3n) is 16.0. The molecule has 0 bridgehead atoms. The highest BCUT2D eigenvalue weighted by Gasteiger charge is 2.69. The van der Waals surface area contributed by atoms with E-state index in [1.165, 1.54) is 56.1 Å². The Hall–Kier alpha value is -3.80. The van der Waals surface area contributed by atoms with Crippen LogP contribution in [0.1, 0.15) is 122 Å². The molecule has 1 saturated heterocycles. The molecule has 0 spiro atoms. The van der Waals surface area contributed by atoms with Gasteiger partial charge in [-0.2, -0.15) is 0 Å². The van der Waals surface area contributed by atoms with Crippen LogP contribution in [0.5, 0.6) is 0 Å². The first-order valence-electron chi connectivity index (χ1n) is 21.2. The largest absolute Gasteiger partial charge is 0.478 e. The smallest absolute Gasteiger partial charge is 0.335 e. The number of terminal acetylenes is 3. The molecule has 3 unspecified atom stereocenters. The molecule has 6 aliphatic rings. The molecule has 57 heavy (non-hydrogen) atoms. The van der Waals surface area contributed by atoms with Crippen molar-refractivity contribution in [2.45, 2.75) is 111 Å². The summed E-state index contributed by atoms with van der Waals surface area (Å²) in [4.78, 5) is 29.8. The molecule has 1 aliphatic heterocycles. The summed E-state index contributed by atoms with van der Waals surface area (Å²) < 4.78 is 0. The topological polar surface area (TPSA) is 93.1 Å². The van der Waals surface area contributed by atoms with Crippen molar-refractivity contribution >= 4 is 17.4 Å². The van der Waals surface area contributed by atoms with Crippen LogP contribution in [0.25, 0.3) is 5.57 Å². The molecule has 1 aromatic rings. The van der Waals surface area contributed by atoms with Crippen LogP contribution < -0.4 is 5.32 Å². The molecule has 0 aromatic heterocycles. The van der Waals surface area contributed by atoms with Crippen molar-refractivity contribution in [1.82, 2.24) is 15.1 Å². The third-order valence-corrected chi connectivity index (χ3v) is 16.0. The second-order valence-electron chi connectivity index (χ2n) is 18.5. The number of hydrogen-bond donors (Lipinski definition) is 3. The Morgan fingerprint density at radius 3 is 1.98 bits per heavy atom. The molecule has 1 heterocycles. The molecule has 3 N–H and O–H groups in total. The maximum absolute atomic E-state index is 13.7. The van der Waals surface area contributed by atoms with Crippen LogP contribution in [0.3, 0.4) is 0 Å². The van der Waals surface area contributed by atoms with Gasteiger partial charge in [0.15, 0.2) is 0 Å². The van der Waals surface area contributed by atoms with Crippen molar-refractivity contribution in [2.75, 3.05) is 45.9 Å². The Morgan fingerprint density at radius 1 is 0.807 bits per heavy atom. The van der Waals surface area contributed by atoms with Gasteiger partial charge in [-0.3, -0.25) is 14.6 Å². The lowest BCUT2D eigenvalue weighted by atomic mass is 9.33. The fourth-order valence-electron chi connectivity index (χ4n) is 13.5. The SMILES string of the molecule is C#C.C#C.C#C.C=CC.CC1(C)C(c2ccc(C(=O)O)cc2)=CC[C@@]2(C)C1CC[C@]1(C)C2CC[C@@H]2C3CCC[C@]3(NC(=O)CN3CCN(CCO)CC3)CC[C@]21C. The van der Waals surface area contributed by atoms with Crippen molar-refractivity contribution in [3.63, 3.8) is 0 Å². The Morgan fingerprint density at radius 2 is 1.40 bits per heavy atom. The van der Waals surface area contributed by atoms with Crippen molar-refractivity contribution in [3.05, 3.63) is 54.1 Å². The first kappa shape index (κ1) is 47.6. The van der Waals surface area contributed by atoms with Crippen LogP contribution >= 0.6 is 0 Å². The molecule has 312 valence electrons. The predicted molar refractivity (Wildman–Crippen MR) is 236 cm³/mol. The van der Waals surface area contributed by atoms with Gasteiger partial charge in [0.2, 0.25) is 5.91 Å². The fraction of sp³-hybridized carbons (Fsp3) is 0.640. The fourth-order valence-corrected chi connectivity index (χ4v) is 13.5. The zero-order valence-corrected chi connectivity index (χ0v) is 36.1. The first-order chi connectivity index (χ1) is 27.2. The molecule has 4 saturated carbocycles. The molecule has 5 aliphatic carbocycles. The normalized spacial score (nSPS) is 34.8. The quantitative estimate of drug-likeness (QED) is 0.190. The van der Waals surface area contributed by atoms with Gasteiger partial charge in [-0.25, -0.2) is 4.79 Å². The van der Waals surface area contributed by atoms with E-state index in [1.54, 1.807) is 18.2 Å². The monoisotopic (exact) mass is 780 g/mol. The van der Waals surface area contributed by atoms with Crippen molar-refractivity contribution in [1.29, 1.82) is 0 Å². The maximum Gasteiger partial charge on any atom is 0.335 e. The van der Waals surface area contributed by atoms with Gasteiger partial charge in [0.1, 0.15) is 0 Å². The number of nitrogens with zero attached hydrogens (tertiary/aromatic N) is 2. The van der Waals surface area contributed by atoms with E-state index in [0.29, 0.717) is 35.8 Å². The summed E-state index contributed by atoms with van der Waals surface area (Å²) >= 11 is 0. The number of hydrogen-bond acceptors (Lipinski definition) is 5. The van der Waals surface area contributed by atoms with Crippen molar-refractivity contribution in [2.24, 2.45) is 45.3 Å². The highest BCUT2D eigenvalue weighted by molar-refractivity contribution is 5.88. The second-order valence-corrected chi connectivity index (χ2v) is 18.5. The van der Waals surface area contributed by atoms with Crippen LogP contribution in [0, 0.1) is 83.9 Å². The van der Waals surface area contributed by atoms with Crippen LogP contribution in [0.2, 0.25) is 0 Å². The Balaban J connectivity index is 0.000000899.